The van der Waals surface area contributed by atoms with E-state index in [1.54, 1.807) is 52.0 Å². The average Bonchev–Trinajstić information content (AvgIpc) is 2.53. The summed E-state index contributed by atoms with van der Waals surface area (Å²) in [5, 5.41) is 8.26. The molecule has 0 aliphatic carbocycles. The maximum atomic E-state index is 12.2. The van der Waals surface area contributed by atoms with Crippen molar-refractivity contribution in [3.63, 3.8) is 0 Å². The first-order valence-electron chi connectivity index (χ1n) is 8.07. The van der Waals surface area contributed by atoms with Gasteiger partial charge in [0.15, 0.2) is 5.11 Å². The number of ether oxygens (including phenoxy) is 1. The topological polar surface area (TPSA) is 79.5 Å². The Kier molecular flexibility index (Phi) is 8.60. The van der Waals surface area contributed by atoms with E-state index < -0.39 is 21.3 Å². The Morgan fingerprint density at radius 2 is 1.74 bits per heavy atom. The van der Waals surface area contributed by atoms with Crippen molar-refractivity contribution < 1.29 is 14.3 Å². The smallest absolute Gasteiger partial charge is 0.340 e. The van der Waals surface area contributed by atoms with Crippen molar-refractivity contribution in [3.05, 3.63) is 29.8 Å². The molecule has 0 saturated carbocycles. The molecule has 0 radical (unpaired) electrons. The van der Waals surface area contributed by atoms with E-state index in [1.807, 2.05) is 0 Å². The lowest BCUT2D eigenvalue weighted by molar-refractivity contribution is -0.129. The Bertz CT molecular complexity index is 703. The fraction of sp³-hybridized carbons (Fsp3) is 0.471. The minimum absolute atomic E-state index is 0.0530. The number of thiocarbonyl (C=S) groups is 1. The molecule has 1 rings (SSSR count). The molecule has 150 valence electrons. The molecular formula is C17H22Cl3N3O3S. The lowest BCUT2D eigenvalue weighted by Gasteiger charge is -2.30. The van der Waals surface area contributed by atoms with E-state index >= 15 is 0 Å². The van der Waals surface area contributed by atoms with Crippen LogP contribution in [0.25, 0.3) is 0 Å². The Morgan fingerprint density at radius 3 is 2.26 bits per heavy atom. The van der Waals surface area contributed by atoms with Gasteiger partial charge in [0.05, 0.1) is 17.9 Å². The van der Waals surface area contributed by atoms with E-state index in [4.69, 9.17) is 51.8 Å². The molecule has 0 heterocycles. The van der Waals surface area contributed by atoms with Gasteiger partial charge in [0, 0.05) is 5.41 Å². The number of anilines is 1. The van der Waals surface area contributed by atoms with Crippen LogP contribution >= 0.6 is 47.0 Å². The first-order chi connectivity index (χ1) is 12.4. The molecule has 1 aromatic rings. The molecule has 0 saturated heterocycles. The predicted molar refractivity (Wildman–Crippen MR) is 113 cm³/mol. The van der Waals surface area contributed by atoms with Crippen molar-refractivity contribution in [1.29, 1.82) is 0 Å². The van der Waals surface area contributed by atoms with Crippen molar-refractivity contribution in [1.82, 2.24) is 10.6 Å². The number of rotatable bonds is 5. The molecule has 0 fully saturated rings. The molecule has 1 aromatic carbocycles. The first-order valence-corrected chi connectivity index (χ1v) is 9.61. The van der Waals surface area contributed by atoms with Crippen LogP contribution in [-0.4, -0.2) is 33.6 Å². The zero-order valence-electron chi connectivity index (χ0n) is 15.4. The molecule has 0 aliphatic heterocycles. The molecule has 0 bridgehead atoms. The summed E-state index contributed by atoms with van der Waals surface area (Å²) in [5.41, 5.74) is 0.0211. The fourth-order valence-corrected chi connectivity index (χ4v) is 2.37. The third kappa shape index (κ3) is 7.70. The van der Waals surface area contributed by atoms with Gasteiger partial charge in [-0.15, -0.1) is 0 Å². The molecule has 1 amide bonds. The van der Waals surface area contributed by atoms with Crippen LogP contribution in [0.1, 0.15) is 38.1 Å². The molecule has 0 spiro atoms. The average molecular weight is 455 g/mol. The molecule has 1 unspecified atom stereocenters. The van der Waals surface area contributed by atoms with Crippen molar-refractivity contribution in [2.45, 2.75) is 37.7 Å². The number of halogens is 3. The quantitative estimate of drug-likeness (QED) is 0.270. The van der Waals surface area contributed by atoms with Gasteiger partial charge >= 0.3 is 5.97 Å². The standard InChI is InChI=1S/C17H22Cl3N3O3S/c1-5-26-12(24)10-8-6-7-9-11(10)21-15(27)23-13(17(18,19)20)22-14(25)16(2,3)4/h6-9,13H,5H2,1-4H3,(H,22,25)(H2,21,23,27). The van der Waals surface area contributed by atoms with Gasteiger partial charge in [-0.3, -0.25) is 4.79 Å². The zero-order valence-corrected chi connectivity index (χ0v) is 18.4. The molecule has 6 nitrogen and oxygen atoms in total. The number of nitrogens with one attached hydrogen (secondary N) is 3. The lowest BCUT2D eigenvalue weighted by atomic mass is 9.95. The second-order valence-electron chi connectivity index (χ2n) is 6.56. The summed E-state index contributed by atoms with van der Waals surface area (Å²) in [7, 11) is 0. The molecular weight excluding hydrogens is 433 g/mol. The number of hydrogen-bond donors (Lipinski definition) is 3. The van der Waals surface area contributed by atoms with Crippen LogP contribution < -0.4 is 16.0 Å². The van der Waals surface area contributed by atoms with Gasteiger partial charge in [-0.2, -0.15) is 0 Å². The summed E-state index contributed by atoms with van der Waals surface area (Å²) in [6.07, 6.45) is -1.09. The van der Waals surface area contributed by atoms with Gasteiger partial charge < -0.3 is 20.7 Å². The van der Waals surface area contributed by atoms with Crippen LogP contribution in [0.5, 0.6) is 0 Å². The second kappa shape index (κ2) is 9.78. The number of hydrogen-bond acceptors (Lipinski definition) is 4. The highest BCUT2D eigenvalue weighted by Gasteiger charge is 2.37. The molecule has 0 aliphatic rings. The third-order valence-corrected chi connectivity index (χ3v) is 4.10. The van der Waals surface area contributed by atoms with E-state index in [0.29, 0.717) is 11.3 Å². The van der Waals surface area contributed by atoms with Crippen molar-refractivity contribution in [3.8, 4) is 0 Å². The molecule has 3 N–H and O–H groups in total. The maximum Gasteiger partial charge on any atom is 0.340 e. The highest BCUT2D eigenvalue weighted by Crippen LogP contribution is 2.30. The van der Waals surface area contributed by atoms with E-state index in [-0.39, 0.29) is 17.6 Å². The predicted octanol–water partition coefficient (Wildman–Crippen LogP) is 4.01. The van der Waals surface area contributed by atoms with Gasteiger partial charge in [-0.1, -0.05) is 67.7 Å². The van der Waals surface area contributed by atoms with Crippen molar-refractivity contribution in [2.24, 2.45) is 5.41 Å². The molecule has 10 heteroatoms. The molecule has 27 heavy (non-hydrogen) atoms. The highest BCUT2D eigenvalue weighted by atomic mass is 35.6. The molecule has 1 atom stereocenters. The summed E-state index contributed by atoms with van der Waals surface area (Å²) in [6, 6.07) is 6.66. The van der Waals surface area contributed by atoms with Crippen LogP contribution in [0.3, 0.4) is 0 Å². The third-order valence-electron chi connectivity index (χ3n) is 3.23. The Labute approximate surface area is 179 Å². The Balaban J connectivity index is 2.93. The second-order valence-corrected chi connectivity index (χ2v) is 9.34. The number of para-hydroxylation sites is 1. The number of amides is 1. The normalized spacial score (nSPS) is 12.7. The van der Waals surface area contributed by atoms with Gasteiger partial charge in [-0.05, 0) is 31.3 Å². The summed E-state index contributed by atoms with van der Waals surface area (Å²) in [5.74, 6) is -0.830. The summed E-state index contributed by atoms with van der Waals surface area (Å²) in [6.45, 7) is 7.13. The largest absolute Gasteiger partial charge is 0.462 e. The van der Waals surface area contributed by atoms with Crippen molar-refractivity contribution in [2.75, 3.05) is 11.9 Å². The van der Waals surface area contributed by atoms with Crippen LogP contribution in [0.15, 0.2) is 24.3 Å². The Hall–Kier alpha value is -1.28. The van der Waals surface area contributed by atoms with Crippen LogP contribution in [0.4, 0.5) is 5.69 Å². The van der Waals surface area contributed by atoms with Crippen molar-refractivity contribution >= 4 is 69.7 Å². The first kappa shape index (κ1) is 23.8. The van der Waals surface area contributed by atoms with Gasteiger partial charge in [0.1, 0.15) is 6.17 Å². The monoisotopic (exact) mass is 453 g/mol. The number of carbonyl (C=O) groups excluding carboxylic acids is 2. The van der Waals surface area contributed by atoms with E-state index in [0.717, 1.165) is 0 Å². The fourth-order valence-electron chi connectivity index (χ4n) is 1.82. The highest BCUT2D eigenvalue weighted by molar-refractivity contribution is 7.80. The SMILES string of the molecule is CCOC(=O)c1ccccc1NC(=S)NC(NC(=O)C(C)(C)C)C(Cl)(Cl)Cl. The number of benzene rings is 1. The van der Waals surface area contributed by atoms with Gasteiger partial charge in [-0.25, -0.2) is 4.79 Å². The summed E-state index contributed by atoms with van der Waals surface area (Å²) >= 11 is 23.1. The number of esters is 1. The van der Waals surface area contributed by atoms with Crippen LogP contribution in [0.2, 0.25) is 0 Å². The lowest BCUT2D eigenvalue weighted by Crippen LogP contribution is -2.58. The maximum absolute atomic E-state index is 12.2. The van der Waals surface area contributed by atoms with Crippen LogP contribution in [-0.2, 0) is 9.53 Å². The summed E-state index contributed by atoms with van der Waals surface area (Å²) in [4.78, 5) is 24.3. The molecule has 0 aromatic heterocycles. The minimum atomic E-state index is -1.87. The Morgan fingerprint density at radius 1 is 1.15 bits per heavy atom. The van der Waals surface area contributed by atoms with Gasteiger partial charge in [0.2, 0.25) is 9.70 Å². The minimum Gasteiger partial charge on any atom is -0.462 e. The van der Waals surface area contributed by atoms with Crippen LogP contribution in [0, 0.1) is 5.41 Å². The zero-order chi connectivity index (χ0) is 20.8. The van der Waals surface area contributed by atoms with E-state index in [1.165, 1.54) is 0 Å². The van der Waals surface area contributed by atoms with Gasteiger partial charge in [0.25, 0.3) is 0 Å². The van der Waals surface area contributed by atoms with E-state index in [9.17, 15) is 9.59 Å². The number of carbonyl (C=O) groups is 2. The number of alkyl halides is 3. The summed E-state index contributed by atoms with van der Waals surface area (Å²) < 4.78 is 3.14. The van der Waals surface area contributed by atoms with E-state index in [2.05, 4.69) is 16.0 Å².